The molecule has 0 atom stereocenters. The molecule has 0 saturated heterocycles. The van der Waals surface area contributed by atoms with Crippen molar-refractivity contribution in [1.29, 1.82) is 0 Å². The molecule has 2 N–H and O–H groups in total. The Kier molecular flexibility index (Phi) is 2.76. The van der Waals surface area contributed by atoms with Gasteiger partial charge in [-0.15, -0.1) is 0 Å². The summed E-state index contributed by atoms with van der Waals surface area (Å²) in [5, 5.41) is 0.959. The van der Waals surface area contributed by atoms with E-state index in [1.54, 1.807) is 30.7 Å². The lowest BCUT2D eigenvalue weighted by Gasteiger charge is -2.10. The number of hydrogen-bond acceptors (Lipinski definition) is 3. The zero-order valence-corrected chi connectivity index (χ0v) is 10.3. The van der Waals surface area contributed by atoms with E-state index in [0.29, 0.717) is 6.54 Å². The highest BCUT2D eigenvalue weighted by Gasteiger charge is 2.05. The zero-order chi connectivity index (χ0) is 13.2. The van der Waals surface area contributed by atoms with Crippen LogP contribution < -0.4 is 11.2 Å². The van der Waals surface area contributed by atoms with Crippen LogP contribution in [0, 0.1) is 0 Å². The maximum atomic E-state index is 11.1. The van der Waals surface area contributed by atoms with Crippen LogP contribution in [0.2, 0.25) is 0 Å². The van der Waals surface area contributed by atoms with Crippen LogP contribution in [0.4, 0.5) is 5.69 Å². The van der Waals surface area contributed by atoms with E-state index in [-0.39, 0.29) is 5.43 Å². The van der Waals surface area contributed by atoms with Crippen molar-refractivity contribution in [3.63, 3.8) is 0 Å². The van der Waals surface area contributed by atoms with Crippen LogP contribution in [0.15, 0.2) is 59.8 Å². The Morgan fingerprint density at radius 1 is 1.11 bits per heavy atom. The largest absolute Gasteiger partial charge is 0.398 e. The molecule has 0 radical (unpaired) electrons. The molecule has 0 aliphatic heterocycles. The number of benzene rings is 1. The Labute approximate surface area is 110 Å². The number of rotatable bonds is 2. The molecule has 4 nitrogen and oxygen atoms in total. The first-order valence-electron chi connectivity index (χ1n) is 6.02. The van der Waals surface area contributed by atoms with Crippen LogP contribution >= 0.6 is 0 Å². The molecule has 0 aliphatic carbocycles. The quantitative estimate of drug-likeness (QED) is 0.709. The molecule has 3 aromatic rings. The van der Waals surface area contributed by atoms with Gasteiger partial charge in [0.1, 0.15) is 0 Å². The van der Waals surface area contributed by atoms with E-state index in [2.05, 4.69) is 4.98 Å². The number of fused-ring (bicyclic) bond motifs is 1. The molecule has 4 heteroatoms. The summed E-state index contributed by atoms with van der Waals surface area (Å²) in [4.78, 5) is 15.5. The zero-order valence-electron chi connectivity index (χ0n) is 10.3. The SMILES string of the molecule is Nc1ccc(Cn2ccc(=O)cc2)c2ncccc12. The van der Waals surface area contributed by atoms with Crippen molar-refractivity contribution in [2.24, 2.45) is 0 Å². The van der Waals surface area contributed by atoms with Crippen LogP contribution in [0.1, 0.15) is 5.56 Å². The van der Waals surface area contributed by atoms with E-state index in [4.69, 9.17) is 5.73 Å². The number of nitrogens with two attached hydrogens (primary N) is 1. The molecule has 0 saturated carbocycles. The molecule has 2 heterocycles. The Balaban J connectivity index is 2.08. The molecule has 0 bridgehead atoms. The fraction of sp³-hybridized carbons (Fsp3) is 0.0667. The third-order valence-corrected chi connectivity index (χ3v) is 3.10. The monoisotopic (exact) mass is 251 g/mol. The van der Waals surface area contributed by atoms with Gasteiger partial charge in [-0.2, -0.15) is 0 Å². The molecular weight excluding hydrogens is 238 g/mol. The van der Waals surface area contributed by atoms with Crippen molar-refractivity contribution in [3.05, 3.63) is 70.8 Å². The first-order valence-corrected chi connectivity index (χ1v) is 6.02. The Hall–Kier alpha value is -2.62. The van der Waals surface area contributed by atoms with Gasteiger partial charge in [-0.05, 0) is 23.8 Å². The summed E-state index contributed by atoms with van der Waals surface area (Å²) in [6.45, 7) is 0.661. The summed E-state index contributed by atoms with van der Waals surface area (Å²) >= 11 is 0. The number of hydrogen-bond donors (Lipinski definition) is 1. The molecule has 0 amide bonds. The Morgan fingerprint density at radius 3 is 2.68 bits per heavy atom. The Bertz CT molecular complexity index is 772. The van der Waals surface area contributed by atoms with Crippen molar-refractivity contribution in [2.45, 2.75) is 6.54 Å². The van der Waals surface area contributed by atoms with E-state index in [1.165, 1.54) is 0 Å². The molecular formula is C15H13N3O. The standard InChI is InChI=1S/C15H13N3O/c16-14-4-3-11(15-13(14)2-1-7-17-15)10-18-8-5-12(19)6-9-18/h1-9H,10,16H2. The van der Waals surface area contributed by atoms with Crippen molar-refractivity contribution in [2.75, 3.05) is 5.73 Å². The summed E-state index contributed by atoms with van der Waals surface area (Å²) in [6, 6.07) is 10.8. The minimum Gasteiger partial charge on any atom is -0.398 e. The van der Waals surface area contributed by atoms with Crippen molar-refractivity contribution in [3.8, 4) is 0 Å². The number of aromatic nitrogens is 2. The van der Waals surface area contributed by atoms with Crippen LogP contribution in [-0.4, -0.2) is 9.55 Å². The average Bonchev–Trinajstić information content (AvgIpc) is 2.45. The predicted molar refractivity (Wildman–Crippen MR) is 76.0 cm³/mol. The second-order valence-corrected chi connectivity index (χ2v) is 4.42. The van der Waals surface area contributed by atoms with E-state index in [0.717, 1.165) is 22.2 Å². The fourth-order valence-corrected chi connectivity index (χ4v) is 2.13. The fourth-order valence-electron chi connectivity index (χ4n) is 2.13. The van der Waals surface area contributed by atoms with E-state index >= 15 is 0 Å². The topological polar surface area (TPSA) is 60.9 Å². The number of anilines is 1. The van der Waals surface area contributed by atoms with E-state index in [1.807, 2.05) is 28.8 Å². The van der Waals surface area contributed by atoms with Crippen LogP contribution in [0.25, 0.3) is 10.9 Å². The van der Waals surface area contributed by atoms with Gasteiger partial charge < -0.3 is 10.3 Å². The van der Waals surface area contributed by atoms with Gasteiger partial charge in [0.05, 0.1) is 5.52 Å². The normalized spacial score (nSPS) is 10.7. The molecule has 19 heavy (non-hydrogen) atoms. The second-order valence-electron chi connectivity index (χ2n) is 4.42. The maximum Gasteiger partial charge on any atom is 0.181 e. The summed E-state index contributed by atoms with van der Waals surface area (Å²) in [5.74, 6) is 0. The highest BCUT2D eigenvalue weighted by molar-refractivity contribution is 5.92. The molecule has 3 rings (SSSR count). The van der Waals surface area contributed by atoms with Gasteiger partial charge >= 0.3 is 0 Å². The van der Waals surface area contributed by atoms with Gasteiger partial charge in [0.25, 0.3) is 0 Å². The summed E-state index contributed by atoms with van der Waals surface area (Å²) in [5.41, 5.74) is 8.67. The lowest BCUT2D eigenvalue weighted by Crippen LogP contribution is -2.05. The minimum absolute atomic E-state index is 0.0107. The minimum atomic E-state index is 0.0107. The smallest absolute Gasteiger partial charge is 0.181 e. The van der Waals surface area contributed by atoms with Crippen molar-refractivity contribution in [1.82, 2.24) is 9.55 Å². The van der Waals surface area contributed by atoms with Gasteiger partial charge in [0, 0.05) is 48.3 Å². The third-order valence-electron chi connectivity index (χ3n) is 3.10. The van der Waals surface area contributed by atoms with Crippen LogP contribution in [0.5, 0.6) is 0 Å². The lowest BCUT2D eigenvalue weighted by molar-refractivity contribution is 0.792. The van der Waals surface area contributed by atoms with Crippen LogP contribution in [-0.2, 0) is 6.54 Å². The van der Waals surface area contributed by atoms with Crippen molar-refractivity contribution >= 4 is 16.6 Å². The highest BCUT2D eigenvalue weighted by atomic mass is 16.1. The summed E-state index contributed by atoms with van der Waals surface area (Å²) in [7, 11) is 0. The Morgan fingerprint density at radius 2 is 1.89 bits per heavy atom. The van der Waals surface area contributed by atoms with Gasteiger partial charge in [0.2, 0.25) is 0 Å². The number of nitrogens with zero attached hydrogens (tertiary/aromatic N) is 2. The summed E-state index contributed by atoms with van der Waals surface area (Å²) < 4.78 is 1.95. The number of nitrogen functional groups attached to an aromatic ring is 1. The van der Waals surface area contributed by atoms with Crippen molar-refractivity contribution < 1.29 is 0 Å². The van der Waals surface area contributed by atoms with E-state index in [9.17, 15) is 4.79 Å². The molecule has 94 valence electrons. The molecule has 0 unspecified atom stereocenters. The lowest BCUT2D eigenvalue weighted by atomic mass is 10.1. The predicted octanol–water partition coefficient (Wildman–Crippen LogP) is 2.03. The van der Waals surface area contributed by atoms with Gasteiger partial charge in [-0.3, -0.25) is 9.78 Å². The molecule has 0 aliphatic rings. The van der Waals surface area contributed by atoms with Gasteiger partial charge in [-0.1, -0.05) is 6.07 Å². The highest BCUT2D eigenvalue weighted by Crippen LogP contribution is 2.22. The molecule has 0 spiro atoms. The first-order chi connectivity index (χ1) is 9.24. The van der Waals surface area contributed by atoms with Gasteiger partial charge in [0.15, 0.2) is 5.43 Å². The second kappa shape index (κ2) is 4.57. The molecule has 2 aromatic heterocycles. The third kappa shape index (κ3) is 2.20. The first kappa shape index (κ1) is 11.5. The van der Waals surface area contributed by atoms with Gasteiger partial charge in [-0.25, -0.2) is 0 Å². The average molecular weight is 251 g/mol. The van der Waals surface area contributed by atoms with E-state index < -0.39 is 0 Å². The molecule has 0 fully saturated rings. The molecule has 1 aromatic carbocycles. The maximum absolute atomic E-state index is 11.1. The summed E-state index contributed by atoms with van der Waals surface area (Å²) in [6.07, 6.45) is 5.30. The van der Waals surface area contributed by atoms with Crippen LogP contribution in [0.3, 0.4) is 0 Å². The number of pyridine rings is 2.